The molecule has 0 aliphatic carbocycles. The number of carbonyl (C=O) groups is 1. The van der Waals surface area contributed by atoms with Crippen LogP contribution in [0.4, 0.5) is 0 Å². The maximum atomic E-state index is 12.1. The van der Waals surface area contributed by atoms with Crippen LogP contribution in [0.25, 0.3) is 6.08 Å². The lowest BCUT2D eigenvalue weighted by Gasteiger charge is -2.17. The fourth-order valence-electron chi connectivity index (χ4n) is 3.16. The lowest BCUT2D eigenvalue weighted by molar-refractivity contribution is -0.116. The molecule has 25 heavy (non-hydrogen) atoms. The normalized spacial score (nSPS) is 14.9. The molecule has 1 aliphatic heterocycles. The van der Waals surface area contributed by atoms with Crippen molar-refractivity contribution in [2.24, 2.45) is 0 Å². The molecule has 0 aromatic heterocycles. The van der Waals surface area contributed by atoms with E-state index in [-0.39, 0.29) is 5.91 Å². The van der Waals surface area contributed by atoms with E-state index in [1.807, 2.05) is 36.4 Å². The number of nitrogens with one attached hydrogen (secondary N) is 1. The largest absolute Gasteiger partial charge is 0.348 e. The van der Waals surface area contributed by atoms with Crippen molar-refractivity contribution in [3.8, 4) is 0 Å². The lowest BCUT2D eigenvalue weighted by atomic mass is 10.1. The zero-order valence-electron chi connectivity index (χ0n) is 14.9. The minimum atomic E-state index is -0.0587. The second-order valence-electron chi connectivity index (χ2n) is 6.71. The molecule has 2 aromatic carbocycles. The molecule has 0 spiro atoms. The summed E-state index contributed by atoms with van der Waals surface area (Å²) in [5, 5.41) is 3.00. The quantitative estimate of drug-likeness (QED) is 0.812. The first-order chi connectivity index (χ1) is 12.2. The van der Waals surface area contributed by atoms with E-state index in [1.165, 1.54) is 42.6 Å². The van der Waals surface area contributed by atoms with Crippen LogP contribution in [0.5, 0.6) is 0 Å². The number of aryl methyl sites for hydroxylation is 1. The average molecular weight is 334 g/mol. The van der Waals surface area contributed by atoms with Gasteiger partial charge in [-0.15, -0.1) is 0 Å². The van der Waals surface area contributed by atoms with Crippen LogP contribution in [0, 0.1) is 6.92 Å². The first-order valence-electron chi connectivity index (χ1n) is 9.02. The second-order valence-corrected chi connectivity index (χ2v) is 6.71. The van der Waals surface area contributed by atoms with E-state index in [2.05, 4.69) is 35.3 Å². The molecule has 1 saturated heterocycles. The maximum absolute atomic E-state index is 12.1. The molecule has 1 fully saturated rings. The van der Waals surface area contributed by atoms with Crippen molar-refractivity contribution in [2.75, 3.05) is 13.1 Å². The van der Waals surface area contributed by atoms with Crippen LogP contribution >= 0.6 is 0 Å². The van der Waals surface area contributed by atoms with Gasteiger partial charge in [0.25, 0.3) is 0 Å². The molecular formula is C22H26N2O. The van der Waals surface area contributed by atoms with Gasteiger partial charge >= 0.3 is 0 Å². The molecule has 3 nitrogen and oxygen atoms in total. The lowest BCUT2D eigenvalue weighted by Crippen LogP contribution is -2.23. The minimum Gasteiger partial charge on any atom is -0.348 e. The highest BCUT2D eigenvalue weighted by molar-refractivity contribution is 5.91. The highest BCUT2D eigenvalue weighted by Crippen LogP contribution is 2.16. The molecule has 0 radical (unpaired) electrons. The van der Waals surface area contributed by atoms with Gasteiger partial charge in [0.2, 0.25) is 5.91 Å². The fourth-order valence-corrected chi connectivity index (χ4v) is 3.16. The number of hydrogen-bond acceptors (Lipinski definition) is 2. The summed E-state index contributed by atoms with van der Waals surface area (Å²) in [4.78, 5) is 14.6. The summed E-state index contributed by atoms with van der Waals surface area (Å²) in [5.41, 5.74) is 4.77. The Morgan fingerprint density at radius 2 is 1.72 bits per heavy atom. The van der Waals surface area contributed by atoms with Gasteiger partial charge in [0.05, 0.1) is 0 Å². The topological polar surface area (TPSA) is 32.3 Å². The third-order valence-corrected chi connectivity index (χ3v) is 4.67. The molecule has 0 atom stereocenters. The minimum absolute atomic E-state index is 0.0587. The third kappa shape index (κ3) is 5.30. The van der Waals surface area contributed by atoms with Gasteiger partial charge in [-0.1, -0.05) is 54.1 Å². The monoisotopic (exact) mass is 334 g/mol. The smallest absolute Gasteiger partial charge is 0.244 e. The SMILES string of the molecule is Cc1ccc(/C=C/C(=O)NCc2ccccc2CN2CCCC2)cc1. The first-order valence-corrected chi connectivity index (χ1v) is 9.02. The summed E-state index contributed by atoms with van der Waals surface area (Å²) in [6, 6.07) is 16.5. The van der Waals surface area contributed by atoms with Crippen molar-refractivity contribution in [3.63, 3.8) is 0 Å². The van der Waals surface area contributed by atoms with Gasteiger partial charge in [-0.05, 0) is 55.6 Å². The molecule has 130 valence electrons. The van der Waals surface area contributed by atoms with Crippen LogP contribution in [-0.4, -0.2) is 23.9 Å². The van der Waals surface area contributed by atoms with E-state index >= 15 is 0 Å². The van der Waals surface area contributed by atoms with Gasteiger partial charge in [0.15, 0.2) is 0 Å². The number of amides is 1. The van der Waals surface area contributed by atoms with Crippen LogP contribution in [0.1, 0.15) is 35.1 Å². The molecule has 1 aliphatic rings. The van der Waals surface area contributed by atoms with Crippen LogP contribution in [0.3, 0.4) is 0 Å². The van der Waals surface area contributed by atoms with E-state index in [1.54, 1.807) is 6.08 Å². The Labute approximate surface area is 150 Å². The maximum Gasteiger partial charge on any atom is 0.244 e. The molecule has 3 heteroatoms. The molecular weight excluding hydrogens is 308 g/mol. The number of nitrogens with zero attached hydrogens (tertiary/aromatic N) is 1. The Kier molecular flexibility index (Phi) is 6.02. The molecule has 3 rings (SSSR count). The molecule has 1 amide bonds. The van der Waals surface area contributed by atoms with Gasteiger partial charge in [0, 0.05) is 19.2 Å². The molecule has 0 unspecified atom stereocenters. The average Bonchev–Trinajstić information content (AvgIpc) is 3.13. The highest BCUT2D eigenvalue weighted by atomic mass is 16.1. The summed E-state index contributed by atoms with van der Waals surface area (Å²) >= 11 is 0. The molecule has 1 heterocycles. The van der Waals surface area contributed by atoms with Gasteiger partial charge in [-0.25, -0.2) is 0 Å². The van der Waals surface area contributed by atoms with Gasteiger partial charge < -0.3 is 5.32 Å². The van der Waals surface area contributed by atoms with Gasteiger partial charge in [-0.2, -0.15) is 0 Å². The summed E-state index contributed by atoms with van der Waals surface area (Å²) in [6.07, 6.45) is 6.05. The van der Waals surface area contributed by atoms with Crippen LogP contribution in [0.2, 0.25) is 0 Å². The van der Waals surface area contributed by atoms with Crippen molar-refractivity contribution in [2.45, 2.75) is 32.9 Å². The fraction of sp³-hybridized carbons (Fsp3) is 0.318. The number of rotatable bonds is 6. The molecule has 1 N–H and O–H groups in total. The van der Waals surface area contributed by atoms with E-state index in [0.29, 0.717) is 6.54 Å². The number of hydrogen-bond donors (Lipinski definition) is 1. The summed E-state index contributed by atoms with van der Waals surface area (Å²) in [7, 11) is 0. The third-order valence-electron chi connectivity index (χ3n) is 4.67. The van der Waals surface area contributed by atoms with Crippen LogP contribution < -0.4 is 5.32 Å². The Morgan fingerprint density at radius 1 is 1.04 bits per heavy atom. The van der Waals surface area contributed by atoms with Crippen molar-refractivity contribution < 1.29 is 4.79 Å². The van der Waals surface area contributed by atoms with Crippen molar-refractivity contribution in [3.05, 3.63) is 76.9 Å². The van der Waals surface area contributed by atoms with Crippen LogP contribution in [0.15, 0.2) is 54.6 Å². The molecule has 0 saturated carbocycles. The van der Waals surface area contributed by atoms with Crippen molar-refractivity contribution in [1.82, 2.24) is 10.2 Å². The summed E-state index contributed by atoms with van der Waals surface area (Å²) < 4.78 is 0. The standard InChI is InChI=1S/C22H26N2O/c1-18-8-10-19(11-9-18)12-13-22(25)23-16-20-6-2-3-7-21(20)17-24-14-4-5-15-24/h2-3,6-13H,4-5,14-17H2,1H3,(H,23,25)/b13-12+. The number of benzene rings is 2. The highest BCUT2D eigenvalue weighted by Gasteiger charge is 2.13. The van der Waals surface area contributed by atoms with Gasteiger partial charge in [-0.3, -0.25) is 9.69 Å². The Balaban J connectivity index is 1.55. The Hall–Kier alpha value is -2.39. The first kappa shape index (κ1) is 17.4. The predicted octanol–water partition coefficient (Wildman–Crippen LogP) is 3.92. The van der Waals surface area contributed by atoms with Crippen molar-refractivity contribution in [1.29, 1.82) is 0 Å². The van der Waals surface area contributed by atoms with Gasteiger partial charge in [0.1, 0.15) is 0 Å². The van der Waals surface area contributed by atoms with E-state index in [4.69, 9.17) is 0 Å². The zero-order chi connectivity index (χ0) is 17.5. The second kappa shape index (κ2) is 8.63. The Bertz CT molecular complexity index is 728. The molecule has 2 aromatic rings. The molecule has 0 bridgehead atoms. The predicted molar refractivity (Wildman–Crippen MR) is 103 cm³/mol. The van der Waals surface area contributed by atoms with Crippen LogP contribution in [-0.2, 0) is 17.9 Å². The summed E-state index contributed by atoms with van der Waals surface area (Å²) in [5.74, 6) is -0.0587. The van der Waals surface area contributed by atoms with E-state index < -0.39 is 0 Å². The number of carbonyl (C=O) groups excluding carboxylic acids is 1. The van der Waals surface area contributed by atoms with E-state index in [0.717, 1.165) is 12.1 Å². The number of likely N-dealkylation sites (tertiary alicyclic amines) is 1. The zero-order valence-corrected chi connectivity index (χ0v) is 14.9. The Morgan fingerprint density at radius 3 is 2.44 bits per heavy atom. The van der Waals surface area contributed by atoms with E-state index in [9.17, 15) is 4.79 Å². The summed E-state index contributed by atoms with van der Waals surface area (Å²) in [6.45, 7) is 5.96. The van der Waals surface area contributed by atoms with Crippen molar-refractivity contribution >= 4 is 12.0 Å².